The lowest BCUT2D eigenvalue weighted by atomic mass is 10.0. The van der Waals surface area contributed by atoms with E-state index in [-0.39, 0.29) is 65.0 Å². The van der Waals surface area contributed by atoms with Crippen molar-refractivity contribution in [1.82, 2.24) is 0 Å². The molecule has 0 bridgehead atoms. The highest BCUT2D eigenvalue weighted by atomic mass is 32.2. The molecule has 0 rings (SSSR count). The Labute approximate surface area is 302 Å². The zero-order chi connectivity index (χ0) is 37.5. The van der Waals surface area contributed by atoms with Gasteiger partial charge in [0.1, 0.15) is 20.2 Å². The summed E-state index contributed by atoms with van der Waals surface area (Å²) in [6.45, 7) is 15.4. The van der Waals surface area contributed by atoms with Gasteiger partial charge in [0.2, 0.25) is 0 Å². The van der Waals surface area contributed by atoms with E-state index in [0.717, 1.165) is 51.4 Å². The van der Waals surface area contributed by atoms with Crippen LogP contribution < -0.4 is 0 Å². The molecule has 0 N–H and O–H groups in total. The van der Waals surface area contributed by atoms with Gasteiger partial charge >= 0.3 is 23.9 Å². The largest absolute Gasteiger partial charge is 0.747 e. The van der Waals surface area contributed by atoms with E-state index in [1.165, 1.54) is 0 Å². The molecule has 0 spiro atoms. The van der Waals surface area contributed by atoms with Crippen molar-refractivity contribution in [2.75, 3.05) is 26.4 Å². The maximum absolute atomic E-state index is 12.1. The van der Waals surface area contributed by atoms with Gasteiger partial charge in [0, 0.05) is 14.9 Å². The summed E-state index contributed by atoms with van der Waals surface area (Å²) in [6, 6.07) is 0. The topological polar surface area (TPSA) is 220 Å². The molecule has 0 aliphatic rings. The fourth-order valence-corrected chi connectivity index (χ4v) is 5.22. The van der Waals surface area contributed by atoms with Crippen molar-refractivity contribution in [2.45, 2.75) is 130 Å². The van der Waals surface area contributed by atoms with Crippen molar-refractivity contribution < 1.29 is 64.1 Å². The van der Waals surface area contributed by atoms with Crippen LogP contribution in [0.2, 0.25) is 0 Å². The number of esters is 4. The molecule has 14 nitrogen and oxygen atoms in total. The summed E-state index contributed by atoms with van der Waals surface area (Å²) in [5.41, 5.74) is 0. The Bertz CT molecular complexity index is 1150. The van der Waals surface area contributed by atoms with Crippen LogP contribution in [0, 0.1) is 38.5 Å². The predicted molar refractivity (Wildman–Crippen MR) is 189 cm³/mol. The van der Waals surface area contributed by atoms with Crippen molar-refractivity contribution in [2.24, 2.45) is 23.7 Å². The van der Waals surface area contributed by atoms with E-state index in [1.54, 1.807) is 27.7 Å². The summed E-state index contributed by atoms with van der Waals surface area (Å²) in [4.78, 5) is 47.1. The minimum Gasteiger partial charge on any atom is -0.747 e. The zero-order valence-electron chi connectivity index (χ0n) is 31.9. The molecule has 16 heteroatoms. The first-order chi connectivity index (χ1) is 22.2. The average molecular weight is 761 g/mol. The Morgan fingerprint density at radius 3 is 1.14 bits per heavy atom. The molecular weight excluding hydrogens is 696 g/mol. The molecule has 4 unspecified atom stereocenters. The van der Waals surface area contributed by atoms with E-state index in [1.807, 2.05) is 13.8 Å². The molecule has 0 aliphatic heterocycles. The first-order valence-electron chi connectivity index (χ1n) is 16.8. The second-order valence-electron chi connectivity index (χ2n) is 12.6. The third-order valence-corrected chi connectivity index (χ3v) is 9.20. The van der Waals surface area contributed by atoms with E-state index in [9.17, 15) is 45.1 Å². The lowest BCUT2D eigenvalue weighted by molar-refractivity contribution is -0.151. The molecule has 0 saturated heterocycles. The van der Waals surface area contributed by atoms with Gasteiger partial charge in [-0.05, 0) is 36.5 Å². The van der Waals surface area contributed by atoms with Crippen molar-refractivity contribution in [1.29, 1.82) is 0 Å². The highest BCUT2D eigenvalue weighted by molar-refractivity contribution is 7.87. The fraction of sp³-hybridized carbons (Fsp3) is 0.824. The van der Waals surface area contributed by atoms with E-state index in [0.29, 0.717) is 0 Å². The SMILES string of the molecule is CC(C)COC(=O)CC(C(=O)OCC(C)C)S(=O)(=O)[O-].CCCCC(CC)COC(=O)CC(C(=O)OCC(CC)CCCC)S(=O)(=O)[O-].[CH3+].[CH3+]. The molecular formula is C34H64O14S2. The van der Waals surface area contributed by atoms with Crippen LogP contribution in [0.1, 0.15) is 120 Å². The quantitative estimate of drug-likeness (QED) is 0.0521. The number of carbonyl (C=O) groups is 4. The number of carbonyl (C=O) groups excluding carboxylic acids is 4. The molecule has 0 amide bonds. The van der Waals surface area contributed by atoms with Crippen molar-refractivity contribution in [3.8, 4) is 0 Å². The molecule has 296 valence electrons. The van der Waals surface area contributed by atoms with Gasteiger partial charge in [-0.15, -0.1) is 0 Å². The fourth-order valence-electron chi connectivity index (χ4n) is 3.93. The average Bonchev–Trinajstić information content (AvgIpc) is 2.99. The Hall–Kier alpha value is -2.56. The molecule has 0 heterocycles. The smallest absolute Gasteiger partial charge is 0.323 e. The first-order valence-corrected chi connectivity index (χ1v) is 19.7. The van der Waals surface area contributed by atoms with Gasteiger partial charge in [0.15, 0.2) is 10.5 Å². The molecule has 0 aromatic rings. The zero-order valence-corrected chi connectivity index (χ0v) is 33.5. The highest BCUT2D eigenvalue weighted by Crippen LogP contribution is 2.17. The normalized spacial score (nSPS) is 13.7. The van der Waals surface area contributed by atoms with Gasteiger partial charge in [-0.3, -0.25) is 19.2 Å². The third kappa shape index (κ3) is 27.2. The Morgan fingerprint density at radius 2 is 0.840 bits per heavy atom. The predicted octanol–water partition coefficient (Wildman–Crippen LogP) is 5.40. The minimum atomic E-state index is -5.01. The Kier molecular flexibility index (Phi) is 31.5. The van der Waals surface area contributed by atoms with Gasteiger partial charge in [-0.25, -0.2) is 16.8 Å². The maximum atomic E-state index is 12.1. The van der Waals surface area contributed by atoms with E-state index < -0.39 is 67.5 Å². The van der Waals surface area contributed by atoms with Crippen LogP contribution in [0.4, 0.5) is 0 Å². The lowest BCUT2D eigenvalue weighted by Crippen LogP contribution is -2.35. The summed E-state index contributed by atoms with van der Waals surface area (Å²) in [7, 11) is -9.99. The molecule has 0 saturated carbocycles. The van der Waals surface area contributed by atoms with E-state index in [4.69, 9.17) is 18.9 Å². The summed E-state index contributed by atoms with van der Waals surface area (Å²) < 4.78 is 87.1. The van der Waals surface area contributed by atoms with Gasteiger partial charge in [-0.2, -0.15) is 0 Å². The summed E-state index contributed by atoms with van der Waals surface area (Å²) in [5.74, 6) is -3.82. The first kappa shape index (κ1) is 54.2. The molecule has 0 aromatic carbocycles. The second-order valence-corrected chi connectivity index (χ2v) is 15.7. The molecule has 0 radical (unpaired) electrons. The second kappa shape index (κ2) is 29.1. The van der Waals surface area contributed by atoms with Crippen LogP contribution in [0.25, 0.3) is 0 Å². The molecule has 4 atom stereocenters. The Morgan fingerprint density at radius 1 is 0.540 bits per heavy atom. The molecule has 0 aliphatic carbocycles. The third-order valence-electron chi connectivity index (χ3n) is 7.09. The molecule has 0 fully saturated rings. The van der Waals surface area contributed by atoms with E-state index in [2.05, 4.69) is 13.8 Å². The van der Waals surface area contributed by atoms with Crippen molar-refractivity contribution in [3.63, 3.8) is 0 Å². The minimum absolute atomic E-state index is 0. The summed E-state index contributed by atoms with van der Waals surface area (Å²) >= 11 is 0. The van der Waals surface area contributed by atoms with Crippen LogP contribution in [0.15, 0.2) is 0 Å². The number of hydrogen-bond donors (Lipinski definition) is 0. The number of ether oxygens (including phenoxy) is 4. The Balaban J connectivity index is -0.000000428. The van der Waals surface area contributed by atoms with Crippen LogP contribution in [0.3, 0.4) is 0 Å². The lowest BCUT2D eigenvalue weighted by Gasteiger charge is -2.21. The number of rotatable bonds is 24. The van der Waals surface area contributed by atoms with Crippen LogP contribution in [0.5, 0.6) is 0 Å². The molecule has 0 aromatic heterocycles. The number of unbranched alkanes of at least 4 members (excludes halogenated alkanes) is 2. The summed E-state index contributed by atoms with van der Waals surface area (Å²) in [6.07, 6.45) is 5.76. The van der Waals surface area contributed by atoms with Crippen molar-refractivity contribution >= 4 is 44.1 Å². The van der Waals surface area contributed by atoms with Crippen molar-refractivity contribution in [3.05, 3.63) is 14.9 Å². The number of hydrogen-bond acceptors (Lipinski definition) is 14. The summed E-state index contributed by atoms with van der Waals surface area (Å²) in [5, 5.41) is -4.11. The van der Waals surface area contributed by atoms with Gasteiger partial charge in [0.25, 0.3) is 0 Å². The maximum Gasteiger partial charge on any atom is 0.323 e. The van der Waals surface area contributed by atoms with Crippen LogP contribution >= 0.6 is 0 Å². The van der Waals surface area contributed by atoms with E-state index >= 15 is 0 Å². The monoisotopic (exact) mass is 760 g/mol. The molecule has 50 heavy (non-hydrogen) atoms. The van der Waals surface area contributed by atoms with Gasteiger partial charge in [0.05, 0.1) is 39.3 Å². The van der Waals surface area contributed by atoms with Crippen LogP contribution in [-0.2, 0) is 58.4 Å². The van der Waals surface area contributed by atoms with Gasteiger partial charge in [-0.1, -0.05) is 93.9 Å². The highest BCUT2D eigenvalue weighted by Gasteiger charge is 2.32. The van der Waals surface area contributed by atoms with Gasteiger partial charge < -0.3 is 28.1 Å². The van der Waals surface area contributed by atoms with Crippen LogP contribution in [-0.4, -0.2) is 86.7 Å². The standard InChI is InChI=1S/C20H38O7S.C12H22O7S.2CH3/c1-5-9-11-16(7-3)14-26-19(21)13-18(28(23,24)25)20(22)27-15-17(8-4)12-10-6-2;1-8(2)6-18-11(13)5-10(20(15,16)17)12(14)19-7-9(3)4;;/h16-18H,5-15H2,1-4H3,(H,23,24,25);8-10H,5-7H2,1-4H3,(H,15,16,17);2*1H3/q;;2*+1/p-2.